The number of benzene rings is 9. The number of rotatable bonds is 7. The second kappa shape index (κ2) is 39.4. The van der Waals surface area contributed by atoms with E-state index in [4.69, 9.17) is 0 Å². The first-order chi connectivity index (χ1) is 54.8. The van der Waals surface area contributed by atoms with Crippen LogP contribution in [0.5, 0.6) is 0 Å². The molecule has 0 aromatic heterocycles. The molecule has 3 saturated carbocycles. The molecular weight excluding hydrogens is 1470 g/mol. The van der Waals surface area contributed by atoms with Gasteiger partial charge in [0.15, 0.2) is 5.41 Å². The fourth-order valence-corrected chi connectivity index (χ4v) is 18.7. The molecule has 3 fully saturated rings. The highest BCUT2D eigenvalue weighted by Crippen LogP contribution is 2.60. The van der Waals surface area contributed by atoms with E-state index in [-0.39, 0.29) is 51.2 Å². The van der Waals surface area contributed by atoms with Crippen LogP contribution < -0.4 is 0 Å². The second-order valence-electron chi connectivity index (χ2n) is 43.2. The van der Waals surface area contributed by atoms with Gasteiger partial charge in [0.05, 0.1) is 0 Å². The van der Waals surface area contributed by atoms with E-state index in [1.807, 2.05) is 45.9 Å². The molecule has 9 aromatic carbocycles. The molecule has 12 rings (SSSR count). The van der Waals surface area contributed by atoms with Gasteiger partial charge < -0.3 is 0 Å². The molecule has 0 atom stereocenters. The number of aryl methyl sites for hydroxylation is 8. The lowest BCUT2D eigenvalue weighted by molar-refractivity contribution is -0.350. The lowest BCUT2D eigenvalue weighted by Crippen LogP contribution is -2.51. The molecule has 0 heterocycles. The predicted octanol–water partition coefficient (Wildman–Crippen LogP) is 35.6. The zero-order chi connectivity index (χ0) is 89.3. The number of alkyl halides is 6. The van der Waals surface area contributed by atoms with Crippen molar-refractivity contribution in [2.75, 3.05) is 0 Å². The average molecular weight is 1630 g/mol. The maximum absolute atomic E-state index is 13.2. The Balaban J connectivity index is 0.000000198. The Kier molecular flexibility index (Phi) is 32.7. The summed E-state index contributed by atoms with van der Waals surface area (Å²) in [5.74, 6) is 1.89. The zero-order valence-electron chi connectivity index (χ0n) is 79.9. The van der Waals surface area contributed by atoms with Gasteiger partial charge in [-0.2, -0.15) is 26.3 Å². The van der Waals surface area contributed by atoms with Crippen molar-refractivity contribution in [3.05, 3.63) is 281 Å². The smallest absolute Gasteiger partial charge is 0.170 e. The third-order valence-corrected chi connectivity index (χ3v) is 26.3. The third kappa shape index (κ3) is 26.1. The maximum atomic E-state index is 13.2. The Labute approximate surface area is 720 Å². The van der Waals surface area contributed by atoms with Crippen molar-refractivity contribution in [3.8, 4) is 33.4 Å². The van der Waals surface area contributed by atoms with Crippen molar-refractivity contribution < 1.29 is 26.3 Å². The minimum absolute atomic E-state index is 0.105. The summed E-state index contributed by atoms with van der Waals surface area (Å²) in [5.41, 5.74) is 33.6. The topological polar surface area (TPSA) is 0 Å². The minimum Gasteiger partial charge on any atom is -0.170 e. The molecule has 0 unspecified atom stereocenters. The summed E-state index contributed by atoms with van der Waals surface area (Å²) in [6.45, 7) is 71.9. The second-order valence-corrected chi connectivity index (χ2v) is 43.2. The molecule has 0 radical (unpaired) electrons. The summed E-state index contributed by atoms with van der Waals surface area (Å²) < 4.78 is 79.1. The average Bonchev–Trinajstić information content (AvgIpc) is 0.742. The monoisotopic (exact) mass is 1630 g/mol. The Morgan fingerprint density at radius 3 is 0.899 bits per heavy atom. The Morgan fingerprint density at radius 1 is 0.277 bits per heavy atom. The van der Waals surface area contributed by atoms with E-state index in [0.29, 0.717) is 11.3 Å². The molecule has 3 aliphatic rings. The van der Waals surface area contributed by atoms with E-state index < -0.39 is 30.6 Å². The fraction of sp³-hybridized carbons (Fsp3) is 0.522. The van der Waals surface area contributed by atoms with Gasteiger partial charge in [-0.05, 0) is 340 Å². The molecule has 119 heavy (non-hydrogen) atoms. The summed E-state index contributed by atoms with van der Waals surface area (Å²) in [6, 6.07) is 62.3. The molecule has 0 amide bonds. The van der Waals surface area contributed by atoms with Gasteiger partial charge in [-0.3, -0.25) is 0 Å². The Bertz CT molecular complexity index is 4780. The van der Waals surface area contributed by atoms with Crippen LogP contribution in [0.1, 0.15) is 371 Å². The summed E-state index contributed by atoms with van der Waals surface area (Å²) >= 11 is 0. The standard InChI is InChI=1S/C21H28.C19H24F6.C19H30.C19H24.C18H22.C17H26/c1-14(2)18-10-8-9-11-19(18)17-12-15(3)16(4)20(13-17)21(5,6)7;1-12-5-6-14(11-15(12)16(2,3)4)13-7-9-17(10-8-13,18(20,21)22)19(23,24)25;1-14-7-8-16(13-17(14)18(2,3)4)15-9-11-19(5,6)12-10-15;1-13-9-7-8-10-17(13)16-11-14(2)15(3)18(12-16)19(4,5)6;1-13-8-6-7-9-16(13)15-11-10-14(2)17(12-15)18(3,4)5;1-13-10-11-15(12-16(13)17(2,3)4)14-8-6-5-7-9-14/h8-14H,1-7H3;5-6,11,13H,7-10H2,1-4H3;7-8,13,15H,9-12H2,1-6H3;7-12H,1-6H3;6-12H,1-5H3;10-12,14H,5-9H2,1-4H3. The van der Waals surface area contributed by atoms with Gasteiger partial charge in [0.2, 0.25) is 0 Å². The van der Waals surface area contributed by atoms with Gasteiger partial charge in [0.25, 0.3) is 0 Å². The molecule has 0 N–H and O–H groups in total. The van der Waals surface area contributed by atoms with Crippen LogP contribution in [0, 0.1) is 80.1 Å². The molecular formula is C113H154F6. The van der Waals surface area contributed by atoms with Gasteiger partial charge >= 0.3 is 12.4 Å². The van der Waals surface area contributed by atoms with Gasteiger partial charge in [0, 0.05) is 0 Å². The highest BCUT2D eigenvalue weighted by molar-refractivity contribution is 5.72. The summed E-state index contributed by atoms with van der Waals surface area (Å²) in [7, 11) is 0. The van der Waals surface area contributed by atoms with Gasteiger partial charge in [-0.15, -0.1) is 0 Å². The van der Waals surface area contributed by atoms with Crippen LogP contribution in [0.4, 0.5) is 26.3 Å². The minimum atomic E-state index is -5.26. The third-order valence-electron chi connectivity index (χ3n) is 26.3. The Hall–Kier alpha value is -7.44. The van der Waals surface area contributed by atoms with Gasteiger partial charge in [0.1, 0.15) is 0 Å². The molecule has 0 nitrogen and oxygen atoms in total. The van der Waals surface area contributed by atoms with E-state index in [1.165, 1.54) is 175 Å². The molecule has 0 aliphatic heterocycles. The highest BCUT2D eigenvalue weighted by Gasteiger charge is 2.70. The van der Waals surface area contributed by atoms with Crippen LogP contribution in [0.2, 0.25) is 0 Å². The lowest BCUT2D eigenvalue weighted by Gasteiger charge is -2.42. The van der Waals surface area contributed by atoms with E-state index >= 15 is 0 Å². The van der Waals surface area contributed by atoms with Crippen molar-refractivity contribution >= 4 is 0 Å². The van der Waals surface area contributed by atoms with Crippen molar-refractivity contribution in [1.29, 1.82) is 0 Å². The van der Waals surface area contributed by atoms with Crippen molar-refractivity contribution in [2.24, 2.45) is 10.8 Å². The van der Waals surface area contributed by atoms with Crippen molar-refractivity contribution in [1.82, 2.24) is 0 Å². The van der Waals surface area contributed by atoms with Crippen molar-refractivity contribution in [2.45, 2.75) is 374 Å². The quantitative estimate of drug-likeness (QED) is 0.140. The molecule has 6 heteroatoms. The normalized spacial score (nSPS) is 15.8. The van der Waals surface area contributed by atoms with E-state index in [2.05, 4.69) is 346 Å². The van der Waals surface area contributed by atoms with E-state index in [0.717, 1.165) is 28.5 Å². The Morgan fingerprint density at radius 2 is 0.563 bits per heavy atom. The van der Waals surface area contributed by atoms with Crippen LogP contribution in [0.3, 0.4) is 0 Å². The zero-order valence-corrected chi connectivity index (χ0v) is 79.9. The van der Waals surface area contributed by atoms with E-state index in [1.54, 1.807) is 11.1 Å². The molecule has 3 aliphatic carbocycles. The summed E-state index contributed by atoms with van der Waals surface area (Å²) in [5, 5.41) is 0. The van der Waals surface area contributed by atoms with Crippen LogP contribution >= 0.6 is 0 Å². The highest BCUT2D eigenvalue weighted by atomic mass is 19.4. The summed E-state index contributed by atoms with van der Waals surface area (Å²) in [4.78, 5) is 0. The largest absolute Gasteiger partial charge is 0.403 e. The van der Waals surface area contributed by atoms with Gasteiger partial charge in [-0.25, -0.2) is 0 Å². The predicted molar refractivity (Wildman–Crippen MR) is 505 cm³/mol. The first kappa shape index (κ1) is 98.7. The number of halogens is 6. The van der Waals surface area contributed by atoms with E-state index in [9.17, 15) is 26.3 Å². The maximum Gasteiger partial charge on any atom is 0.403 e. The summed E-state index contributed by atoms with van der Waals surface area (Å²) in [6.07, 6.45) is -0.00309. The SMILES string of the molecule is Cc1cc(-c2ccccc2C(C)C)cc(C(C)(C)C)c1C.Cc1ccc(C2CCC(C(F)(F)F)(C(F)(F)F)CC2)cc1C(C)(C)C.Cc1ccc(C2CCC(C)(C)CC2)cc1C(C)(C)C.Cc1ccc(C2CCCCC2)cc1C(C)(C)C.Cc1ccccc1-c1cc(C)c(C)c(C(C)(C)C)c1.Cc1ccccc1-c1ccc(C)c(C(C)(C)C)c1. The lowest BCUT2D eigenvalue weighted by atomic mass is 9.67. The number of hydrogen-bond donors (Lipinski definition) is 0. The van der Waals surface area contributed by atoms with Crippen molar-refractivity contribution in [3.63, 3.8) is 0 Å². The van der Waals surface area contributed by atoms with Gasteiger partial charge in [-0.1, -0.05) is 341 Å². The van der Waals surface area contributed by atoms with Crippen LogP contribution in [0.25, 0.3) is 33.4 Å². The van der Waals surface area contributed by atoms with Crippen LogP contribution in [0.15, 0.2) is 170 Å². The fourth-order valence-electron chi connectivity index (χ4n) is 18.7. The molecule has 0 saturated heterocycles. The van der Waals surface area contributed by atoms with Crippen LogP contribution in [-0.2, 0) is 32.5 Å². The number of hydrogen-bond acceptors (Lipinski definition) is 0. The van der Waals surface area contributed by atoms with Crippen LogP contribution in [-0.4, -0.2) is 12.4 Å². The molecule has 648 valence electrons. The molecule has 9 aromatic rings. The molecule has 0 bridgehead atoms. The molecule has 0 spiro atoms. The first-order valence-electron chi connectivity index (χ1n) is 44.8. The first-order valence-corrected chi connectivity index (χ1v) is 44.8.